The highest BCUT2D eigenvalue weighted by Gasteiger charge is 2.42. The Labute approximate surface area is 147 Å². The summed E-state index contributed by atoms with van der Waals surface area (Å²) >= 11 is 0. The van der Waals surface area contributed by atoms with E-state index in [0.29, 0.717) is 0 Å². The molecule has 0 radical (unpaired) electrons. The van der Waals surface area contributed by atoms with Crippen molar-refractivity contribution in [3.05, 3.63) is 60.0 Å². The number of ether oxygens (including phenoxy) is 1. The number of anilines is 1. The van der Waals surface area contributed by atoms with Gasteiger partial charge in [0.2, 0.25) is 0 Å². The van der Waals surface area contributed by atoms with Crippen LogP contribution in [0.25, 0.3) is 5.65 Å². The van der Waals surface area contributed by atoms with Crippen molar-refractivity contribution in [3.63, 3.8) is 0 Å². The van der Waals surface area contributed by atoms with Gasteiger partial charge in [0.05, 0.1) is 18.9 Å². The van der Waals surface area contributed by atoms with E-state index >= 15 is 0 Å². The summed E-state index contributed by atoms with van der Waals surface area (Å²) in [5, 5.41) is 4.85. The molecule has 1 aliphatic heterocycles. The van der Waals surface area contributed by atoms with E-state index in [1.165, 1.54) is 17.7 Å². The largest absolute Gasteiger partial charge is 0.378 e. The summed E-state index contributed by atoms with van der Waals surface area (Å²) < 4.78 is 7.38. The van der Waals surface area contributed by atoms with Gasteiger partial charge in [0, 0.05) is 42.7 Å². The molecule has 2 fully saturated rings. The molecular formula is C20H22N4O. The second-order valence-electron chi connectivity index (χ2n) is 7.04. The second kappa shape index (κ2) is 5.85. The van der Waals surface area contributed by atoms with Crippen LogP contribution < -0.4 is 4.90 Å². The minimum Gasteiger partial charge on any atom is -0.378 e. The topological polar surface area (TPSA) is 42.7 Å². The summed E-state index contributed by atoms with van der Waals surface area (Å²) in [6, 6.07) is 13.1. The lowest BCUT2D eigenvalue weighted by Crippen LogP contribution is -2.38. The van der Waals surface area contributed by atoms with Crippen LogP contribution in [-0.2, 0) is 10.2 Å². The Morgan fingerprint density at radius 2 is 1.92 bits per heavy atom. The van der Waals surface area contributed by atoms with Gasteiger partial charge in [-0.05, 0) is 36.6 Å². The molecule has 2 aromatic heterocycles. The van der Waals surface area contributed by atoms with Gasteiger partial charge >= 0.3 is 0 Å². The number of fused-ring (bicyclic) bond motifs is 1. The SMILES string of the molecule is c1cc(N2CCOCC2)cc(C2(c3cc4ncccn4n3)CCC2)c1. The van der Waals surface area contributed by atoms with E-state index in [-0.39, 0.29) is 5.41 Å². The number of benzene rings is 1. The van der Waals surface area contributed by atoms with Crippen LogP contribution in [0.5, 0.6) is 0 Å². The van der Waals surface area contributed by atoms with Crippen LogP contribution in [0, 0.1) is 0 Å². The van der Waals surface area contributed by atoms with Gasteiger partial charge in [0.25, 0.3) is 0 Å². The van der Waals surface area contributed by atoms with E-state index in [4.69, 9.17) is 9.84 Å². The zero-order valence-corrected chi connectivity index (χ0v) is 14.3. The molecule has 1 aromatic carbocycles. The molecule has 0 bridgehead atoms. The predicted molar refractivity (Wildman–Crippen MR) is 97.1 cm³/mol. The molecule has 2 aliphatic rings. The van der Waals surface area contributed by atoms with Gasteiger partial charge in [-0.3, -0.25) is 0 Å². The lowest BCUT2D eigenvalue weighted by atomic mass is 9.62. The molecule has 5 heteroatoms. The highest BCUT2D eigenvalue weighted by Crippen LogP contribution is 2.49. The maximum absolute atomic E-state index is 5.49. The van der Waals surface area contributed by atoms with E-state index in [1.54, 1.807) is 0 Å². The van der Waals surface area contributed by atoms with E-state index in [2.05, 4.69) is 40.2 Å². The minimum absolute atomic E-state index is 0.0377. The van der Waals surface area contributed by atoms with Crippen molar-refractivity contribution in [1.29, 1.82) is 0 Å². The number of nitrogens with zero attached hydrogens (tertiary/aromatic N) is 4. The lowest BCUT2D eigenvalue weighted by molar-refractivity contribution is 0.122. The molecule has 1 saturated carbocycles. The molecule has 3 aromatic rings. The molecule has 5 rings (SSSR count). The minimum atomic E-state index is 0.0377. The number of hydrogen-bond donors (Lipinski definition) is 0. The normalized spacial score (nSPS) is 19.8. The maximum Gasteiger partial charge on any atom is 0.155 e. The van der Waals surface area contributed by atoms with Crippen LogP contribution in [0.15, 0.2) is 48.8 Å². The van der Waals surface area contributed by atoms with Gasteiger partial charge in [0.1, 0.15) is 0 Å². The summed E-state index contributed by atoms with van der Waals surface area (Å²) in [7, 11) is 0. The fourth-order valence-electron chi connectivity index (χ4n) is 4.11. The van der Waals surface area contributed by atoms with Crippen molar-refractivity contribution in [2.45, 2.75) is 24.7 Å². The number of morpholine rings is 1. The summed E-state index contributed by atoms with van der Waals surface area (Å²) in [4.78, 5) is 6.86. The fourth-order valence-corrected chi connectivity index (χ4v) is 4.11. The Morgan fingerprint density at radius 1 is 1.04 bits per heavy atom. The van der Waals surface area contributed by atoms with E-state index in [1.807, 2.05) is 23.0 Å². The van der Waals surface area contributed by atoms with Crippen molar-refractivity contribution in [2.24, 2.45) is 0 Å². The summed E-state index contributed by atoms with van der Waals surface area (Å²) in [6.45, 7) is 3.56. The third-order valence-corrected chi connectivity index (χ3v) is 5.71. The van der Waals surface area contributed by atoms with E-state index in [0.717, 1.165) is 50.5 Å². The van der Waals surface area contributed by atoms with Crippen molar-refractivity contribution in [2.75, 3.05) is 31.2 Å². The highest BCUT2D eigenvalue weighted by atomic mass is 16.5. The van der Waals surface area contributed by atoms with Crippen molar-refractivity contribution in [1.82, 2.24) is 14.6 Å². The van der Waals surface area contributed by atoms with E-state index < -0.39 is 0 Å². The molecule has 0 unspecified atom stereocenters. The molecule has 0 amide bonds. The second-order valence-corrected chi connectivity index (χ2v) is 7.04. The highest BCUT2D eigenvalue weighted by molar-refractivity contribution is 5.54. The van der Waals surface area contributed by atoms with Crippen LogP contribution in [0.4, 0.5) is 5.69 Å². The Kier molecular flexibility index (Phi) is 3.48. The molecule has 25 heavy (non-hydrogen) atoms. The Morgan fingerprint density at radius 3 is 2.68 bits per heavy atom. The summed E-state index contributed by atoms with van der Waals surface area (Å²) in [5.41, 5.74) is 4.79. The molecule has 128 valence electrons. The van der Waals surface area contributed by atoms with Crippen molar-refractivity contribution >= 4 is 11.3 Å². The molecule has 5 nitrogen and oxygen atoms in total. The zero-order chi connectivity index (χ0) is 16.7. The zero-order valence-electron chi connectivity index (χ0n) is 14.3. The van der Waals surface area contributed by atoms with Crippen LogP contribution in [0.1, 0.15) is 30.5 Å². The van der Waals surface area contributed by atoms with Gasteiger partial charge < -0.3 is 9.64 Å². The number of hydrogen-bond acceptors (Lipinski definition) is 4. The average molecular weight is 334 g/mol. The molecule has 0 spiro atoms. The van der Waals surface area contributed by atoms with Gasteiger partial charge in [-0.25, -0.2) is 9.50 Å². The Bertz CT molecular complexity index is 860. The van der Waals surface area contributed by atoms with Crippen molar-refractivity contribution in [3.8, 4) is 0 Å². The molecule has 1 aliphatic carbocycles. The number of rotatable bonds is 3. The van der Waals surface area contributed by atoms with Crippen molar-refractivity contribution < 1.29 is 4.74 Å². The lowest BCUT2D eigenvalue weighted by Gasteiger charge is -2.41. The first-order valence-electron chi connectivity index (χ1n) is 9.09. The van der Waals surface area contributed by atoms with E-state index in [9.17, 15) is 0 Å². The Hall–Kier alpha value is -2.40. The molecule has 1 saturated heterocycles. The van der Waals surface area contributed by atoms with Crippen LogP contribution in [0.3, 0.4) is 0 Å². The number of aromatic nitrogens is 3. The van der Waals surface area contributed by atoms with Gasteiger partial charge in [-0.2, -0.15) is 5.10 Å². The van der Waals surface area contributed by atoms with Gasteiger partial charge in [-0.1, -0.05) is 18.6 Å². The smallest absolute Gasteiger partial charge is 0.155 e. The van der Waals surface area contributed by atoms with Crippen LogP contribution >= 0.6 is 0 Å². The average Bonchev–Trinajstić information content (AvgIpc) is 3.06. The molecule has 0 atom stereocenters. The maximum atomic E-state index is 5.49. The fraction of sp³-hybridized carbons (Fsp3) is 0.400. The third kappa shape index (κ3) is 2.42. The Balaban J connectivity index is 1.55. The van der Waals surface area contributed by atoms with Crippen LogP contribution in [0.2, 0.25) is 0 Å². The predicted octanol–water partition coefficient (Wildman–Crippen LogP) is 3.04. The van der Waals surface area contributed by atoms with Gasteiger partial charge in [-0.15, -0.1) is 0 Å². The third-order valence-electron chi connectivity index (χ3n) is 5.71. The molecule has 3 heterocycles. The summed E-state index contributed by atoms with van der Waals surface area (Å²) in [6.07, 6.45) is 7.37. The first-order valence-corrected chi connectivity index (χ1v) is 9.09. The quantitative estimate of drug-likeness (QED) is 0.738. The van der Waals surface area contributed by atoms with Gasteiger partial charge in [0.15, 0.2) is 5.65 Å². The summed E-state index contributed by atoms with van der Waals surface area (Å²) in [5.74, 6) is 0. The van der Waals surface area contributed by atoms with Crippen LogP contribution in [-0.4, -0.2) is 40.9 Å². The first-order chi connectivity index (χ1) is 12.4. The monoisotopic (exact) mass is 334 g/mol. The first kappa shape index (κ1) is 14.9. The molecular weight excluding hydrogens is 312 g/mol. The molecule has 0 N–H and O–H groups in total. The standard InChI is InChI=1S/C20H22N4O/c1-4-16(14-17(5-1)23-10-12-25-13-11-23)20(6-2-7-20)18-15-19-21-8-3-9-24(19)22-18/h1,3-5,8-9,14-15H,2,6-7,10-13H2.